The summed E-state index contributed by atoms with van der Waals surface area (Å²) in [5.41, 5.74) is -1.47. The zero-order chi connectivity index (χ0) is 15.8. The molecule has 1 aliphatic carbocycles. The van der Waals surface area contributed by atoms with Crippen LogP contribution in [0.5, 0.6) is 0 Å². The molecule has 0 saturated heterocycles. The van der Waals surface area contributed by atoms with Gasteiger partial charge in [-0.2, -0.15) is 0 Å². The van der Waals surface area contributed by atoms with Crippen LogP contribution in [0.4, 0.5) is 17.6 Å². The van der Waals surface area contributed by atoms with Crippen LogP contribution < -0.4 is 0 Å². The summed E-state index contributed by atoms with van der Waals surface area (Å²) in [6.45, 7) is 0. The van der Waals surface area contributed by atoms with Crippen LogP contribution in [0.25, 0.3) is 0 Å². The first kappa shape index (κ1) is 17.4. The Morgan fingerprint density at radius 1 is 1.29 bits per heavy atom. The Kier molecular flexibility index (Phi) is 5.19. The monoisotopic (exact) mass is 406 g/mol. The average Bonchev–Trinajstić information content (AvgIpc) is 3.15. The fourth-order valence-electron chi connectivity index (χ4n) is 2.11. The van der Waals surface area contributed by atoms with Crippen molar-refractivity contribution in [2.24, 2.45) is 5.41 Å². The minimum absolute atomic E-state index is 0.0685. The third-order valence-electron chi connectivity index (χ3n) is 3.67. The van der Waals surface area contributed by atoms with Crippen molar-refractivity contribution in [2.75, 3.05) is 0 Å². The molecule has 0 heterocycles. The van der Waals surface area contributed by atoms with Crippen molar-refractivity contribution in [3.05, 3.63) is 33.6 Å². The average molecular weight is 407 g/mol. The Labute approximate surface area is 136 Å². The molecule has 1 saturated carbocycles. The van der Waals surface area contributed by atoms with Gasteiger partial charge in [0.2, 0.25) is 0 Å². The van der Waals surface area contributed by atoms with Crippen LogP contribution in [0.1, 0.15) is 24.5 Å². The number of benzene rings is 1. The molecule has 8 heteroatoms. The van der Waals surface area contributed by atoms with E-state index in [0.29, 0.717) is 0 Å². The molecule has 0 aromatic heterocycles. The first-order valence-electron chi connectivity index (χ1n) is 6.27. The van der Waals surface area contributed by atoms with Gasteiger partial charge in [-0.1, -0.05) is 0 Å². The van der Waals surface area contributed by atoms with Crippen LogP contribution in [-0.4, -0.2) is 27.0 Å². The van der Waals surface area contributed by atoms with Crippen molar-refractivity contribution in [3.8, 4) is 0 Å². The van der Waals surface area contributed by atoms with Crippen molar-refractivity contribution >= 4 is 39.0 Å². The van der Waals surface area contributed by atoms with E-state index in [1.807, 2.05) is 0 Å². The van der Waals surface area contributed by atoms with Crippen molar-refractivity contribution in [2.45, 2.75) is 35.5 Å². The van der Waals surface area contributed by atoms with Crippen molar-refractivity contribution in [1.29, 1.82) is 0 Å². The third kappa shape index (κ3) is 3.69. The zero-order valence-electron chi connectivity index (χ0n) is 10.8. The summed E-state index contributed by atoms with van der Waals surface area (Å²) < 4.78 is 51.7. The van der Waals surface area contributed by atoms with E-state index in [9.17, 15) is 22.7 Å². The topological polar surface area (TPSA) is 20.2 Å². The van der Waals surface area contributed by atoms with Gasteiger partial charge in [-0.3, -0.25) is 0 Å². The van der Waals surface area contributed by atoms with Gasteiger partial charge in [0, 0.05) is 0 Å². The second-order valence-corrected chi connectivity index (χ2v) is 8.61. The quantitative estimate of drug-likeness (QED) is 0.423. The van der Waals surface area contributed by atoms with Crippen LogP contribution in [0.3, 0.4) is 0 Å². The first-order valence-corrected chi connectivity index (χ1v) is 9.99. The second-order valence-electron chi connectivity index (χ2n) is 5.18. The molecule has 21 heavy (non-hydrogen) atoms. The summed E-state index contributed by atoms with van der Waals surface area (Å²) in [6, 6.07) is 2.36. The number of aliphatic hydroxyl groups excluding tert-OH is 1. The van der Waals surface area contributed by atoms with Gasteiger partial charge >= 0.3 is 136 Å². The predicted molar refractivity (Wildman–Crippen MR) is 75.9 cm³/mol. The van der Waals surface area contributed by atoms with Crippen LogP contribution in [0, 0.1) is 11.2 Å². The van der Waals surface area contributed by atoms with Crippen molar-refractivity contribution in [3.63, 3.8) is 0 Å². The Balaban J connectivity index is 1.98. The standard InChI is InChI=1S/C13H13AsCl2F4O/c15-7-1-2-8(17)11(16)10(7)9(21)5-14-6-12(3-4-12)13(18,19)20/h1-2,9,14,21H,3-6H2/t9-/m0/s1. The molecular formula is C13H13AsCl2F4O. The Morgan fingerprint density at radius 2 is 1.90 bits per heavy atom. The summed E-state index contributed by atoms with van der Waals surface area (Å²) in [7, 11) is 0. The molecule has 0 spiro atoms. The Bertz CT molecular complexity index is 532. The molecule has 0 radical (unpaired) electrons. The third-order valence-corrected chi connectivity index (χ3v) is 7.74. The van der Waals surface area contributed by atoms with E-state index in [0.717, 1.165) is 6.07 Å². The molecule has 118 valence electrons. The van der Waals surface area contributed by atoms with E-state index in [1.54, 1.807) is 0 Å². The van der Waals surface area contributed by atoms with Gasteiger partial charge in [-0.15, -0.1) is 0 Å². The van der Waals surface area contributed by atoms with Crippen LogP contribution in [0.15, 0.2) is 12.1 Å². The SMILES string of the molecule is O[C@@H](C[AsH]CC1(C(F)(F)F)CC1)c1c(Cl)ccc(F)c1Cl. The van der Waals surface area contributed by atoms with Crippen LogP contribution in [0.2, 0.25) is 20.5 Å². The van der Waals surface area contributed by atoms with Gasteiger partial charge < -0.3 is 0 Å². The molecule has 0 aliphatic heterocycles. The molecule has 1 aromatic rings. The van der Waals surface area contributed by atoms with Gasteiger partial charge in [0.15, 0.2) is 0 Å². The Hall–Kier alpha value is 0.0384. The number of hydrogen-bond donors (Lipinski definition) is 1. The number of halogens is 6. The normalized spacial score (nSPS) is 19.2. The summed E-state index contributed by atoms with van der Waals surface area (Å²) in [5, 5.41) is 10.2. The van der Waals surface area contributed by atoms with E-state index < -0.39 is 39.3 Å². The first-order chi connectivity index (χ1) is 9.68. The maximum absolute atomic E-state index is 13.4. The molecule has 0 amide bonds. The molecule has 0 bridgehead atoms. The van der Waals surface area contributed by atoms with E-state index >= 15 is 0 Å². The van der Waals surface area contributed by atoms with Gasteiger partial charge in [0.1, 0.15) is 0 Å². The molecule has 1 aliphatic rings. The molecule has 1 N–H and O–H groups in total. The Morgan fingerprint density at radius 3 is 2.43 bits per heavy atom. The van der Waals surface area contributed by atoms with E-state index in [1.165, 1.54) is 6.07 Å². The van der Waals surface area contributed by atoms with Crippen LogP contribution >= 0.6 is 23.2 Å². The van der Waals surface area contributed by atoms with E-state index in [2.05, 4.69) is 0 Å². The van der Waals surface area contributed by atoms with E-state index in [-0.39, 0.29) is 38.9 Å². The predicted octanol–water partition coefficient (Wildman–Crippen LogP) is 4.78. The fraction of sp³-hybridized carbons (Fsp3) is 0.538. The van der Waals surface area contributed by atoms with Gasteiger partial charge in [0.05, 0.1) is 0 Å². The number of aliphatic hydroxyl groups is 1. The number of hydrogen-bond acceptors (Lipinski definition) is 1. The minimum atomic E-state index is -4.17. The molecule has 2 rings (SSSR count). The summed E-state index contributed by atoms with van der Waals surface area (Å²) >= 11 is 10.6. The fourth-order valence-corrected chi connectivity index (χ4v) is 6.20. The molecule has 2 atom stereocenters. The number of alkyl halides is 3. The van der Waals surface area contributed by atoms with Crippen molar-refractivity contribution < 1.29 is 22.7 Å². The second kappa shape index (κ2) is 6.27. The maximum atomic E-state index is 13.4. The van der Waals surface area contributed by atoms with Gasteiger partial charge in [-0.05, 0) is 0 Å². The molecule has 1 aromatic carbocycles. The van der Waals surface area contributed by atoms with Crippen LogP contribution in [-0.2, 0) is 0 Å². The summed E-state index contributed by atoms with van der Waals surface area (Å²) in [4.78, 5) is 0. The van der Waals surface area contributed by atoms with Gasteiger partial charge in [0.25, 0.3) is 0 Å². The summed E-state index contributed by atoms with van der Waals surface area (Å²) in [5.74, 6) is -0.705. The van der Waals surface area contributed by atoms with Crippen molar-refractivity contribution in [1.82, 2.24) is 0 Å². The molecular weight excluding hydrogens is 394 g/mol. The molecule has 1 nitrogen and oxygen atoms in total. The van der Waals surface area contributed by atoms with Gasteiger partial charge in [-0.25, -0.2) is 0 Å². The molecule has 1 fully saturated rings. The van der Waals surface area contributed by atoms with E-state index in [4.69, 9.17) is 23.2 Å². The zero-order valence-corrected chi connectivity index (χ0v) is 14.4. The number of rotatable bonds is 5. The summed E-state index contributed by atoms with van der Waals surface area (Å²) in [6.07, 6.45) is -4.96. The molecule has 1 unspecified atom stereocenters.